The largest absolute Gasteiger partial charge is 0.410 e. The number of hydrogen-bond acceptors (Lipinski definition) is 5. The number of aldehydes is 1. The summed E-state index contributed by atoms with van der Waals surface area (Å²) in [6.45, 7) is 13.1. The minimum absolute atomic E-state index is 0.0722. The maximum Gasteiger partial charge on any atom is 0.192 e. The van der Waals surface area contributed by atoms with Crippen molar-refractivity contribution in [3.63, 3.8) is 0 Å². The second-order valence-electron chi connectivity index (χ2n) is 7.79. The topological polar surface area (TPSA) is 54.0 Å². The molecule has 0 unspecified atom stereocenters. The molecule has 1 fully saturated rings. The molecule has 0 aromatic carbocycles. The Morgan fingerprint density at radius 3 is 2.32 bits per heavy atom. The molecule has 0 N–H and O–H groups in total. The zero-order valence-electron chi connectivity index (χ0n) is 15.3. The van der Waals surface area contributed by atoms with Gasteiger partial charge in [-0.25, -0.2) is 0 Å². The molecular formula is C16H32O5Si. The summed E-state index contributed by atoms with van der Waals surface area (Å²) in [4.78, 5) is 11.7. The van der Waals surface area contributed by atoms with E-state index in [0.29, 0.717) is 13.0 Å². The van der Waals surface area contributed by atoms with E-state index in [2.05, 4.69) is 33.9 Å². The summed E-state index contributed by atoms with van der Waals surface area (Å²) < 4.78 is 23.2. The highest BCUT2D eigenvalue weighted by Crippen LogP contribution is 2.41. The van der Waals surface area contributed by atoms with Crippen LogP contribution in [0.15, 0.2) is 0 Å². The predicted octanol–water partition coefficient (Wildman–Crippen LogP) is 2.78. The highest BCUT2D eigenvalue weighted by Gasteiger charge is 2.50. The monoisotopic (exact) mass is 332 g/mol. The van der Waals surface area contributed by atoms with Crippen LogP contribution in [0.2, 0.25) is 18.1 Å². The molecule has 1 aliphatic rings. The molecule has 0 aromatic heterocycles. The van der Waals surface area contributed by atoms with Gasteiger partial charge in [0.05, 0.1) is 18.8 Å². The molecule has 0 radical (unpaired) electrons. The average molecular weight is 333 g/mol. The molecule has 6 heteroatoms. The Morgan fingerprint density at radius 1 is 1.32 bits per heavy atom. The Morgan fingerprint density at radius 2 is 1.91 bits per heavy atom. The molecule has 0 aliphatic carbocycles. The first-order valence-electron chi connectivity index (χ1n) is 7.84. The van der Waals surface area contributed by atoms with Gasteiger partial charge < -0.3 is 23.4 Å². The molecule has 1 heterocycles. The number of hydrogen-bond donors (Lipinski definition) is 0. The third kappa shape index (κ3) is 4.17. The molecule has 0 bridgehead atoms. The van der Waals surface area contributed by atoms with Gasteiger partial charge in [0, 0.05) is 20.6 Å². The van der Waals surface area contributed by atoms with Crippen LogP contribution in [-0.2, 0) is 23.4 Å². The zero-order valence-corrected chi connectivity index (χ0v) is 16.3. The highest BCUT2D eigenvalue weighted by molar-refractivity contribution is 6.74. The second kappa shape index (κ2) is 7.09. The fourth-order valence-electron chi connectivity index (χ4n) is 2.43. The lowest BCUT2D eigenvalue weighted by atomic mass is 9.89. The van der Waals surface area contributed by atoms with Crippen molar-refractivity contribution in [3.05, 3.63) is 0 Å². The maximum absolute atomic E-state index is 11.7. The van der Waals surface area contributed by atoms with Gasteiger partial charge in [-0.3, -0.25) is 0 Å². The van der Waals surface area contributed by atoms with E-state index in [1.54, 1.807) is 21.1 Å². The normalized spacial score (nSPS) is 33.7. The number of carbonyl (C=O) groups is 1. The van der Waals surface area contributed by atoms with E-state index in [0.717, 1.165) is 6.29 Å². The Bertz CT molecular complexity index is 379. The first-order valence-corrected chi connectivity index (χ1v) is 10.7. The molecule has 1 rings (SSSR count). The van der Waals surface area contributed by atoms with Crippen LogP contribution in [0.4, 0.5) is 0 Å². The third-order valence-electron chi connectivity index (χ3n) is 5.02. The number of ether oxygens (including phenoxy) is 3. The van der Waals surface area contributed by atoms with Gasteiger partial charge in [-0.15, -0.1) is 0 Å². The minimum Gasteiger partial charge on any atom is -0.410 e. The van der Waals surface area contributed by atoms with Crippen molar-refractivity contribution in [3.8, 4) is 0 Å². The SMILES string of the molecule is COC[C@@H]1O[C@@](C)(C=O)[C@H](O[Si](C)(C)C(C)(C)C)C[C@@H]1OC. The summed E-state index contributed by atoms with van der Waals surface area (Å²) in [5.41, 5.74) is -0.965. The standard InChI is InChI=1S/C16H32O5Si/c1-15(2,3)22(7,8)21-14-9-12(19-6)13(10-18-5)20-16(14,4)11-17/h11-14H,9-10H2,1-8H3/t12-,13-,14+,16-/m0/s1. The molecule has 0 saturated carbocycles. The summed E-state index contributed by atoms with van der Waals surface area (Å²) in [6, 6.07) is 0. The first kappa shape index (κ1) is 19.8. The van der Waals surface area contributed by atoms with Gasteiger partial charge in [0.25, 0.3) is 0 Å². The summed E-state index contributed by atoms with van der Waals surface area (Å²) in [5.74, 6) is 0. The molecule has 22 heavy (non-hydrogen) atoms. The smallest absolute Gasteiger partial charge is 0.192 e. The van der Waals surface area contributed by atoms with E-state index in [4.69, 9.17) is 18.6 Å². The van der Waals surface area contributed by atoms with Crippen molar-refractivity contribution in [1.82, 2.24) is 0 Å². The molecule has 1 saturated heterocycles. The van der Waals surface area contributed by atoms with Gasteiger partial charge >= 0.3 is 0 Å². The second-order valence-corrected chi connectivity index (χ2v) is 12.5. The molecule has 4 atom stereocenters. The summed E-state index contributed by atoms with van der Waals surface area (Å²) >= 11 is 0. The van der Waals surface area contributed by atoms with E-state index in [9.17, 15) is 4.79 Å². The van der Waals surface area contributed by atoms with E-state index in [1.807, 2.05) is 0 Å². The lowest BCUT2D eigenvalue weighted by molar-refractivity contribution is -0.219. The van der Waals surface area contributed by atoms with Gasteiger partial charge in [-0.1, -0.05) is 20.8 Å². The van der Waals surface area contributed by atoms with Crippen LogP contribution in [-0.4, -0.2) is 59.3 Å². The Kier molecular flexibility index (Phi) is 6.37. The Labute approximate surface area is 135 Å². The van der Waals surface area contributed by atoms with Crippen molar-refractivity contribution in [2.75, 3.05) is 20.8 Å². The zero-order chi connectivity index (χ0) is 17.2. The van der Waals surface area contributed by atoms with Gasteiger partial charge in [0.2, 0.25) is 0 Å². The van der Waals surface area contributed by atoms with E-state index >= 15 is 0 Å². The van der Waals surface area contributed by atoms with Crippen molar-refractivity contribution < 1.29 is 23.4 Å². The van der Waals surface area contributed by atoms with Crippen LogP contribution in [0.5, 0.6) is 0 Å². The van der Waals surface area contributed by atoms with Crippen LogP contribution in [0.25, 0.3) is 0 Å². The molecule has 0 amide bonds. The molecule has 0 spiro atoms. The molecule has 5 nitrogen and oxygen atoms in total. The summed E-state index contributed by atoms with van der Waals surface area (Å²) in [5, 5.41) is 0.0722. The molecule has 0 aromatic rings. The molecule has 130 valence electrons. The first-order chi connectivity index (χ1) is 10.0. The van der Waals surface area contributed by atoms with Crippen LogP contribution in [0.3, 0.4) is 0 Å². The van der Waals surface area contributed by atoms with Crippen LogP contribution >= 0.6 is 0 Å². The lowest BCUT2D eigenvalue weighted by Gasteiger charge is -2.49. The number of methoxy groups -OCH3 is 2. The Hall–Kier alpha value is -0.273. The van der Waals surface area contributed by atoms with Crippen molar-refractivity contribution in [1.29, 1.82) is 0 Å². The highest BCUT2D eigenvalue weighted by atomic mass is 28.4. The maximum atomic E-state index is 11.7. The van der Waals surface area contributed by atoms with E-state index < -0.39 is 13.9 Å². The van der Waals surface area contributed by atoms with Gasteiger partial charge in [0.1, 0.15) is 11.7 Å². The van der Waals surface area contributed by atoms with E-state index in [1.165, 1.54) is 0 Å². The van der Waals surface area contributed by atoms with Gasteiger partial charge in [0.15, 0.2) is 14.6 Å². The number of carbonyl (C=O) groups excluding carboxylic acids is 1. The Balaban J connectivity index is 3.00. The summed E-state index contributed by atoms with van der Waals surface area (Å²) in [6.07, 6.45) is 0.794. The van der Waals surface area contributed by atoms with Gasteiger partial charge in [-0.05, 0) is 25.1 Å². The van der Waals surface area contributed by atoms with Crippen LogP contribution in [0, 0.1) is 0 Å². The third-order valence-corrected chi connectivity index (χ3v) is 9.50. The molecule has 1 aliphatic heterocycles. The van der Waals surface area contributed by atoms with Gasteiger partial charge in [-0.2, -0.15) is 0 Å². The lowest BCUT2D eigenvalue weighted by Crippen LogP contribution is -2.61. The average Bonchev–Trinajstić information content (AvgIpc) is 2.40. The molecular weight excluding hydrogens is 300 g/mol. The van der Waals surface area contributed by atoms with Crippen LogP contribution < -0.4 is 0 Å². The predicted molar refractivity (Wildman–Crippen MR) is 88.7 cm³/mol. The van der Waals surface area contributed by atoms with E-state index in [-0.39, 0.29) is 23.4 Å². The minimum atomic E-state index is -2.01. The summed E-state index contributed by atoms with van der Waals surface area (Å²) in [7, 11) is 1.27. The quantitative estimate of drug-likeness (QED) is 0.553. The van der Waals surface area contributed by atoms with Crippen molar-refractivity contribution in [2.45, 2.75) is 76.2 Å². The van der Waals surface area contributed by atoms with Crippen molar-refractivity contribution in [2.24, 2.45) is 0 Å². The van der Waals surface area contributed by atoms with Crippen LogP contribution in [0.1, 0.15) is 34.1 Å². The fourth-order valence-corrected chi connectivity index (χ4v) is 3.82. The van der Waals surface area contributed by atoms with Crippen molar-refractivity contribution >= 4 is 14.6 Å². The fraction of sp³-hybridized carbons (Fsp3) is 0.938. The number of rotatable bonds is 6.